The Morgan fingerprint density at radius 1 is 1.44 bits per heavy atom. The van der Waals surface area contributed by atoms with Crippen molar-refractivity contribution in [1.82, 2.24) is 9.97 Å². The van der Waals surface area contributed by atoms with Crippen LogP contribution in [0.1, 0.15) is 31.5 Å². The third kappa shape index (κ3) is 2.31. The van der Waals surface area contributed by atoms with Crippen molar-refractivity contribution in [3.63, 3.8) is 0 Å². The van der Waals surface area contributed by atoms with Gasteiger partial charge in [-0.15, -0.1) is 11.3 Å². The molecule has 2 aromatic heterocycles. The number of fused-ring (bicyclic) bond motifs is 1. The summed E-state index contributed by atoms with van der Waals surface area (Å²) in [5.41, 5.74) is 2.12. The van der Waals surface area contributed by atoms with Crippen molar-refractivity contribution >= 4 is 27.4 Å². The molecule has 0 fully saturated rings. The van der Waals surface area contributed by atoms with Crippen LogP contribution >= 0.6 is 11.3 Å². The van der Waals surface area contributed by atoms with Gasteiger partial charge in [-0.2, -0.15) is 0 Å². The van der Waals surface area contributed by atoms with Crippen LogP contribution in [0.25, 0.3) is 10.2 Å². The van der Waals surface area contributed by atoms with Crippen molar-refractivity contribution in [3.8, 4) is 0 Å². The summed E-state index contributed by atoms with van der Waals surface area (Å²) in [6.07, 6.45) is 0. The fraction of sp³-hybridized carbons (Fsp3) is 0.500. The van der Waals surface area contributed by atoms with Gasteiger partial charge in [0.2, 0.25) is 0 Å². The fourth-order valence-corrected chi connectivity index (χ4v) is 2.73. The van der Waals surface area contributed by atoms with Gasteiger partial charge < -0.3 is 10.2 Å². The minimum Gasteiger partial charge on any atom is -0.368 e. The van der Waals surface area contributed by atoms with Gasteiger partial charge in [0.1, 0.15) is 10.4 Å². The molecule has 0 saturated heterocycles. The number of nitrogens with two attached hydrogens (primary N) is 1. The Morgan fingerprint density at radius 3 is 2.78 bits per heavy atom. The number of rotatable bonds is 4. The van der Waals surface area contributed by atoms with Crippen molar-refractivity contribution < 1.29 is 4.74 Å². The minimum atomic E-state index is -0.521. The van der Waals surface area contributed by atoms with E-state index in [0.29, 0.717) is 18.2 Å². The molecule has 0 saturated carbocycles. The Hall–Kier alpha value is -1.24. The number of nitrogens with zero attached hydrogens (tertiary/aromatic N) is 2. The van der Waals surface area contributed by atoms with Gasteiger partial charge in [-0.05, 0) is 33.8 Å². The van der Waals surface area contributed by atoms with E-state index >= 15 is 0 Å². The first-order valence-electron chi connectivity index (χ1n) is 5.87. The summed E-state index contributed by atoms with van der Waals surface area (Å²) in [6, 6.07) is 2.03. The van der Waals surface area contributed by atoms with Crippen molar-refractivity contribution in [1.29, 1.82) is 0 Å². The number of nitrogens with one attached hydrogen (secondary N) is 1. The molecule has 2 aromatic rings. The highest BCUT2D eigenvalue weighted by Gasteiger charge is 2.26. The van der Waals surface area contributed by atoms with Gasteiger partial charge in [0, 0.05) is 11.5 Å². The van der Waals surface area contributed by atoms with E-state index in [4.69, 9.17) is 10.6 Å². The summed E-state index contributed by atoms with van der Waals surface area (Å²) in [4.78, 5) is 11.2. The summed E-state index contributed by atoms with van der Waals surface area (Å²) in [5.74, 6) is 6.83. The van der Waals surface area contributed by atoms with Crippen LogP contribution in [-0.4, -0.2) is 16.6 Å². The zero-order valence-electron chi connectivity index (χ0n) is 11.1. The summed E-state index contributed by atoms with van der Waals surface area (Å²) >= 11 is 1.63. The molecule has 0 atom stereocenters. The molecule has 0 bridgehead atoms. The highest BCUT2D eigenvalue weighted by atomic mass is 32.1. The molecule has 2 rings (SSSR count). The molecule has 3 N–H and O–H groups in total. The average molecular weight is 266 g/mol. The van der Waals surface area contributed by atoms with Crippen LogP contribution in [-0.2, 0) is 10.3 Å². The molecular weight excluding hydrogens is 248 g/mol. The molecule has 0 spiro atoms. The lowest BCUT2D eigenvalue weighted by Gasteiger charge is -2.23. The number of anilines is 1. The normalized spacial score (nSPS) is 12.1. The lowest BCUT2D eigenvalue weighted by molar-refractivity contribution is -0.0204. The Morgan fingerprint density at radius 2 is 2.17 bits per heavy atom. The molecular formula is C12H18N4OS. The first-order valence-corrected chi connectivity index (χ1v) is 6.69. The molecule has 6 heteroatoms. The maximum Gasteiger partial charge on any atom is 0.163 e. The number of nitrogen functional groups attached to an aromatic ring is 1. The van der Waals surface area contributed by atoms with E-state index in [9.17, 15) is 0 Å². The number of hydrogen-bond donors (Lipinski definition) is 2. The van der Waals surface area contributed by atoms with Gasteiger partial charge >= 0.3 is 0 Å². The molecule has 0 aliphatic carbocycles. The van der Waals surface area contributed by atoms with Gasteiger partial charge in [0.25, 0.3) is 0 Å². The highest BCUT2D eigenvalue weighted by molar-refractivity contribution is 7.18. The SMILES string of the molecule is CCOC(C)(C)c1nc(NN)c2cc(C)sc2n1. The van der Waals surface area contributed by atoms with E-state index in [1.807, 2.05) is 33.8 Å². The summed E-state index contributed by atoms with van der Waals surface area (Å²) < 4.78 is 5.68. The van der Waals surface area contributed by atoms with Gasteiger partial charge in [-0.1, -0.05) is 0 Å². The largest absolute Gasteiger partial charge is 0.368 e. The molecule has 0 radical (unpaired) electrons. The van der Waals surface area contributed by atoms with Gasteiger partial charge in [0.15, 0.2) is 11.6 Å². The van der Waals surface area contributed by atoms with Crippen molar-refractivity contribution in [2.75, 3.05) is 12.0 Å². The summed E-state index contributed by atoms with van der Waals surface area (Å²) in [6.45, 7) is 8.53. The predicted molar refractivity (Wildman–Crippen MR) is 74.6 cm³/mol. The zero-order chi connectivity index (χ0) is 13.3. The van der Waals surface area contributed by atoms with Crippen molar-refractivity contribution in [2.45, 2.75) is 33.3 Å². The van der Waals surface area contributed by atoms with E-state index in [-0.39, 0.29) is 0 Å². The van der Waals surface area contributed by atoms with E-state index in [0.717, 1.165) is 10.2 Å². The lowest BCUT2D eigenvalue weighted by Crippen LogP contribution is -2.25. The van der Waals surface area contributed by atoms with Crippen LogP contribution < -0.4 is 11.3 Å². The van der Waals surface area contributed by atoms with E-state index in [2.05, 4.69) is 15.4 Å². The molecule has 0 unspecified atom stereocenters. The molecule has 0 aliphatic heterocycles. The molecule has 0 aromatic carbocycles. The topological polar surface area (TPSA) is 73.1 Å². The van der Waals surface area contributed by atoms with Gasteiger partial charge in [0.05, 0.1) is 5.39 Å². The minimum absolute atomic E-state index is 0.521. The van der Waals surface area contributed by atoms with Crippen LogP contribution in [0, 0.1) is 6.92 Å². The predicted octanol–water partition coefficient (Wildman–Crippen LogP) is 2.56. The third-order valence-corrected chi connectivity index (χ3v) is 3.64. The van der Waals surface area contributed by atoms with Crippen LogP contribution in [0.15, 0.2) is 6.07 Å². The summed E-state index contributed by atoms with van der Waals surface area (Å²) in [5, 5.41) is 0.955. The Labute approximate surface area is 110 Å². The highest BCUT2D eigenvalue weighted by Crippen LogP contribution is 2.31. The maximum absolute atomic E-state index is 5.68. The van der Waals surface area contributed by atoms with Crippen LogP contribution in [0.5, 0.6) is 0 Å². The first-order chi connectivity index (χ1) is 8.47. The first kappa shape index (κ1) is 13.2. The molecule has 98 valence electrons. The monoisotopic (exact) mass is 266 g/mol. The second-order valence-corrected chi connectivity index (χ2v) is 5.79. The molecule has 5 nitrogen and oxygen atoms in total. The van der Waals surface area contributed by atoms with Crippen LogP contribution in [0.3, 0.4) is 0 Å². The van der Waals surface area contributed by atoms with E-state index in [1.54, 1.807) is 11.3 Å². The Balaban J connectivity index is 2.59. The second kappa shape index (κ2) is 4.79. The number of aromatic nitrogens is 2. The molecule has 2 heterocycles. The number of thiophene rings is 1. The average Bonchev–Trinajstić information content (AvgIpc) is 2.67. The molecule has 0 amide bonds. The van der Waals surface area contributed by atoms with E-state index < -0.39 is 5.60 Å². The van der Waals surface area contributed by atoms with Crippen LogP contribution in [0.4, 0.5) is 5.82 Å². The molecule has 0 aliphatic rings. The lowest BCUT2D eigenvalue weighted by atomic mass is 10.1. The fourth-order valence-electron chi connectivity index (χ4n) is 1.85. The molecule has 18 heavy (non-hydrogen) atoms. The Bertz CT molecular complexity index is 564. The zero-order valence-corrected chi connectivity index (χ0v) is 11.9. The third-order valence-electron chi connectivity index (χ3n) is 2.70. The number of hydrazine groups is 1. The number of ether oxygens (including phenoxy) is 1. The second-order valence-electron chi connectivity index (χ2n) is 4.56. The smallest absolute Gasteiger partial charge is 0.163 e. The van der Waals surface area contributed by atoms with Gasteiger partial charge in [-0.3, -0.25) is 0 Å². The summed E-state index contributed by atoms with van der Waals surface area (Å²) in [7, 11) is 0. The maximum atomic E-state index is 5.68. The quantitative estimate of drug-likeness (QED) is 0.657. The Kier molecular flexibility index (Phi) is 3.52. The van der Waals surface area contributed by atoms with Crippen molar-refractivity contribution in [3.05, 3.63) is 16.8 Å². The number of aryl methyl sites for hydroxylation is 1. The van der Waals surface area contributed by atoms with Gasteiger partial charge in [-0.25, -0.2) is 15.8 Å². The van der Waals surface area contributed by atoms with Crippen molar-refractivity contribution in [2.24, 2.45) is 5.84 Å². The van der Waals surface area contributed by atoms with Crippen LogP contribution in [0.2, 0.25) is 0 Å². The van der Waals surface area contributed by atoms with E-state index in [1.165, 1.54) is 4.88 Å². The number of hydrogen-bond acceptors (Lipinski definition) is 6. The standard InChI is InChI=1S/C12H18N4OS/c1-5-17-12(3,4)11-14-9(16-13)8-6-7(2)18-10(8)15-11/h6H,5,13H2,1-4H3,(H,14,15,16).